The molecule has 4 saturated heterocycles. The number of phenols is 1. The van der Waals surface area contributed by atoms with Crippen LogP contribution in [0.1, 0.15) is 31.2 Å². The van der Waals surface area contributed by atoms with Gasteiger partial charge in [-0.3, -0.25) is 29.0 Å². The van der Waals surface area contributed by atoms with Crippen LogP contribution in [0.4, 0.5) is 22.7 Å². The highest BCUT2D eigenvalue weighted by molar-refractivity contribution is 6.24. The third-order valence-electron chi connectivity index (χ3n) is 12.3. The highest BCUT2D eigenvalue weighted by atomic mass is 16.5. The molecule has 1 N–H and O–H groups in total. The van der Waals surface area contributed by atoms with Gasteiger partial charge in [-0.2, -0.15) is 0 Å². The Bertz CT molecular complexity index is 2000. The summed E-state index contributed by atoms with van der Waals surface area (Å²) < 4.78 is 16.8. The maximum absolute atomic E-state index is 14.6. The smallest absolute Gasteiger partial charge is 0.238 e. The SMILES string of the molecule is CCOc1cccc([C@H]2C3=CC[C@@H]4C(=O)N(c5ccc(N6CCOCC6)cc5)C(=O)[C@@H]4[C@@H]3C[C@H]3C(=O)N(c4ccc(N5CCOCC5)cc4)C(=O)[C@@H]23)c1O. The van der Waals surface area contributed by atoms with Crippen LogP contribution in [0.3, 0.4) is 0 Å². The number of nitrogens with zero attached hydrogens (tertiary/aromatic N) is 4. The minimum atomic E-state index is -0.811. The van der Waals surface area contributed by atoms with Gasteiger partial charge in [0.25, 0.3) is 0 Å². The van der Waals surface area contributed by atoms with Gasteiger partial charge in [-0.15, -0.1) is 0 Å². The highest BCUT2D eigenvalue weighted by Gasteiger charge is 2.62. The van der Waals surface area contributed by atoms with Gasteiger partial charge in [0.2, 0.25) is 23.6 Å². The molecule has 3 aromatic rings. The second kappa shape index (κ2) is 13.9. The lowest BCUT2D eigenvalue weighted by Gasteiger charge is -2.44. The molecule has 12 heteroatoms. The van der Waals surface area contributed by atoms with Crippen LogP contribution in [0.5, 0.6) is 11.5 Å². The maximum atomic E-state index is 14.6. The van der Waals surface area contributed by atoms with Crippen LogP contribution in [0.15, 0.2) is 78.4 Å². The van der Waals surface area contributed by atoms with Crippen molar-refractivity contribution >= 4 is 46.4 Å². The van der Waals surface area contributed by atoms with E-state index in [2.05, 4.69) is 9.80 Å². The third-order valence-corrected chi connectivity index (χ3v) is 12.3. The van der Waals surface area contributed by atoms with Crippen LogP contribution < -0.4 is 24.3 Å². The molecule has 2 aliphatic carbocycles. The summed E-state index contributed by atoms with van der Waals surface area (Å²) >= 11 is 0. The van der Waals surface area contributed by atoms with Crippen molar-refractivity contribution in [2.75, 3.05) is 78.8 Å². The van der Waals surface area contributed by atoms with Gasteiger partial charge in [0, 0.05) is 49.0 Å². The summed E-state index contributed by atoms with van der Waals surface area (Å²) in [6.45, 7) is 7.78. The van der Waals surface area contributed by atoms with E-state index in [4.69, 9.17) is 14.2 Å². The molecule has 6 aliphatic rings. The van der Waals surface area contributed by atoms with Crippen LogP contribution in [-0.4, -0.2) is 87.9 Å². The van der Waals surface area contributed by atoms with E-state index < -0.39 is 35.5 Å². The Morgan fingerprint density at radius 1 is 0.648 bits per heavy atom. The van der Waals surface area contributed by atoms with E-state index in [-0.39, 0.29) is 41.5 Å². The molecule has 9 rings (SSSR count). The average molecular weight is 733 g/mol. The Hall–Kier alpha value is -5.20. The van der Waals surface area contributed by atoms with E-state index in [0.717, 1.165) is 43.1 Å². The Balaban J connectivity index is 1.07. The number of carbonyl (C=O) groups is 4. The van der Waals surface area contributed by atoms with Gasteiger partial charge in [0.15, 0.2) is 11.5 Å². The summed E-state index contributed by atoms with van der Waals surface area (Å²) in [6.07, 6.45) is 2.56. The molecule has 0 aromatic heterocycles. The molecule has 0 bridgehead atoms. The lowest BCUT2D eigenvalue weighted by Crippen LogP contribution is -2.43. The number of benzene rings is 3. The molecular weight excluding hydrogens is 688 g/mol. The molecule has 54 heavy (non-hydrogen) atoms. The predicted octanol–water partition coefficient (Wildman–Crippen LogP) is 4.51. The monoisotopic (exact) mass is 732 g/mol. The quantitative estimate of drug-likeness (QED) is 0.274. The van der Waals surface area contributed by atoms with Crippen molar-refractivity contribution in [1.82, 2.24) is 0 Å². The van der Waals surface area contributed by atoms with Crippen molar-refractivity contribution < 1.29 is 38.5 Å². The van der Waals surface area contributed by atoms with Crippen molar-refractivity contribution in [1.29, 1.82) is 0 Å². The second-order valence-corrected chi connectivity index (χ2v) is 14.9. The third kappa shape index (κ3) is 5.57. The number of carbonyl (C=O) groups excluding carboxylic acids is 4. The summed E-state index contributed by atoms with van der Waals surface area (Å²) in [6, 6.07) is 20.2. The Kier molecular flexibility index (Phi) is 8.89. The van der Waals surface area contributed by atoms with E-state index in [1.165, 1.54) is 9.80 Å². The molecule has 4 amide bonds. The number of allylic oxidation sites excluding steroid dienone is 2. The Labute approximate surface area is 313 Å². The van der Waals surface area contributed by atoms with Crippen LogP contribution in [0.25, 0.3) is 0 Å². The molecule has 280 valence electrons. The summed E-state index contributed by atoms with van der Waals surface area (Å²) in [4.78, 5) is 64.8. The molecule has 3 aromatic carbocycles. The van der Waals surface area contributed by atoms with Gasteiger partial charge in [-0.05, 0) is 80.3 Å². The number of phenolic OH excluding ortho intramolecular Hbond substituents is 1. The molecule has 0 radical (unpaired) electrons. The van der Waals surface area contributed by atoms with Crippen molar-refractivity contribution in [3.8, 4) is 11.5 Å². The van der Waals surface area contributed by atoms with Gasteiger partial charge in [-0.25, -0.2) is 0 Å². The summed E-state index contributed by atoms with van der Waals surface area (Å²) in [5.41, 5.74) is 4.28. The number of hydrogen-bond acceptors (Lipinski definition) is 10. The van der Waals surface area contributed by atoms with Gasteiger partial charge in [0.05, 0.1) is 68.1 Å². The first-order valence-corrected chi connectivity index (χ1v) is 19.1. The van der Waals surface area contributed by atoms with E-state index in [1.54, 1.807) is 18.2 Å². The lowest BCUT2D eigenvalue weighted by molar-refractivity contribution is -0.126. The van der Waals surface area contributed by atoms with Gasteiger partial charge in [0.1, 0.15) is 0 Å². The maximum Gasteiger partial charge on any atom is 0.238 e. The molecule has 1 saturated carbocycles. The molecule has 6 atom stereocenters. The topological polar surface area (TPSA) is 129 Å². The fourth-order valence-electron chi connectivity index (χ4n) is 9.78. The number of morpholine rings is 2. The van der Waals surface area contributed by atoms with Gasteiger partial charge >= 0.3 is 0 Å². The summed E-state index contributed by atoms with van der Waals surface area (Å²) in [5.74, 6) is -5.08. The lowest BCUT2D eigenvalue weighted by atomic mass is 9.57. The van der Waals surface area contributed by atoms with Gasteiger partial charge < -0.3 is 29.1 Å². The average Bonchev–Trinajstić information content (AvgIpc) is 3.62. The number of para-hydroxylation sites is 1. The van der Waals surface area contributed by atoms with Crippen LogP contribution in [0.2, 0.25) is 0 Å². The number of aromatic hydroxyl groups is 1. The second-order valence-electron chi connectivity index (χ2n) is 14.9. The molecule has 0 unspecified atom stereocenters. The highest BCUT2D eigenvalue weighted by Crippen LogP contribution is 2.60. The number of anilines is 4. The van der Waals surface area contributed by atoms with Crippen LogP contribution >= 0.6 is 0 Å². The first-order valence-electron chi connectivity index (χ1n) is 19.1. The van der Waals surface area contributed by atoms with E-state index in [9.17, 15) is 24.3 Å². The standard InChI is InChI=1S/C42H44N4O8/c1-2-54-34-5-3-4-30(38(34)47)35-29-14-15-31-36(41(50)45(39(31)48)27-10-6-25(7-11-27)43-16-20-52-21-17-43)32(29)24-33-37(35)42(51)46(40(33)49)28-12-8-26(9-13-28)44-18-22-53-23-19-44/h3-14,31-33,35-37,47H,2,15-24H2,1H3/t31-,32+,33+,35+,36-,37+/m0/s1. The van der Waals surface area contributed by atoms with E-state index in [0.29, 0.717) is 56.4 Å². The minimum Gasteiger partial charge on any atom is -0.504 e. The van der Waals surface area contributed by atoms with Crippen molar-refractivity contribution in [3.05, 3.63) is 83.9 Å². The zero-order chi connectivity index (χ0) is 37.1. The summed E-state index contributed by atoms with van der Waals surface area (Å²) in [7, 11) is 0. The molecule has 5 fully saturated rings. The predicted molar refractivity (Wildman–Crippen MR) is 201 cm³/mol. The van der Waals surface area contributed by atoms with Crippen molar-refractivity contribution in [3.63, 3.8) is 0 Å². The zero-order valence-electron chi connectivity index (χ0n) is 30.3. The fraction of sp³-hybridized carbons (Fsp3) is 0.429. The molecule has 4 heterocycles. The molecule has 0 spiro atoms. The molecule has 4 aliphatic heterocycles. The normalized spacial score (nSPS) is 28.2. The largest absolute Gasteiger partial charge is 0.504 e. The molecule has 12 nitrogen and oxygen atoms in total. The van der Waals surface area contributed by atoms with Crippen molar-refractivity contribution in [2.24, 2.45) is 29.6 Å². The molecular formula is C42H44N4O8. The first kappa shape index (κ1) is 34.6. The van der Waals surface area contributed by atoms with E-state index in [1.807, 2.05) is 61.5 Å². The Morgan fingerprint density at radius 2 is 1.17 bits per heavy atom. The number of amides is 4. The number of imide groups is 2. The number of fused-ring (bicyclic) bond motifs is 4. The first-order chi connectivity index (χ1) is 26.4. The number of ether oxygens (including phenoxy) is 3. The van der Waals surface area contributed by atoms with Gasteiger partial charge in [-0.1, -0.05) is 23.8 Å². The summed E-state index contributed by atoms with van der Waals surface area (Å²) in [5, 5.41) is 11.6. The minimum absolute atomic E-state index is 0.0869. The zero-order valence-corrected chi connectivity index (χ0v) is 30.3. The number of hydrogen-bond donors (Lipinski definition) is 1. The van der Waals surface area contributed by atoms with E-state index >= 15 is 0 Å². The van der Waals surface area contributed by atoms with Crippen LogP contribution in [-0.2, 0) is 28.7 Å². The van der Waals surface area contributed by atoms with Crippen molar-refractivity contribution in [2.45, 2.75) is 25.7 Å². The number of rotatable bonds is 7. The Morgan fingerprint density at radius 3 is 1.72 bits per heavy atom. The fourth-order valence-corrected chi connectivity index (χ4v) is 9.78. The van der Waals surface area contributed by atoms with Crippen LogP contribution in [0, 0.1) is 29.6 Å².